The first-order valence-electron chi connectivity index (χ1n) is 6.87. The molecule has 5 nitrogen and oxygen atoms in total. The zero-order valence-corrected chi connectivity index (χ0v) is 12.5. The number of nitrogens with zero attached hydrogens (tertiary/aromatic N) is 1. The summed E-state index contributed by atoms with van der Waals surface area (Å²) in [6.07, 6.45) is 0.0941. The van der Waals surface area contributed by atoms with Gasteiger partial charge in [-0.25, -0.2) is 12.7 Å². The van der Waals surface area contributed by atoms with Crippen LogP contribution in [0.1, 0.15) is 24.5 Å². The Hall–Kier alpha value is -0.950. The second kappa shape index (κ2) is 6.22. The number of aliphatic hydroxyl groups is 1. The van der Waals surface area contributed by atoms with Crippen molar-refractivity contribution >= 4 is 10.0 Å². The van der Waals surface area contributed by atoms with Crippen LogP contribution in [0.3, 0.4) is 0 Å². The number of nitrogens with two attached hydrogens (primary N) is 1. The fraction of sp³-hybridized carbons (Fsp3) is 0.571. The topological polar surface area (TPSA) is 83.6 Å². The maximum Gasteiger partial charge on any atom is 0.218 e. The third-order valence-corrected chi connectivity index (χ3v) is 5.69. The van der Waals surface area contributed by atoms with E-state index in [1.807, 2.05) is 31.2 Å². The predicted octanol–water partition coefficient (Wildman–Crippen LogP) is 0.678. The zero-order chi connectivity index (χ0) is 14.8. The monoisotopic (exact) mass is 298 g/mol. The van der Waals surface area contributed by atoms with Crippen LogP contribution in [0.25, 0.3) is 0 Å². The highest BCUT2D eigenvalue weighted by molar-refractivity contribution is 7.88. The lowest BCUT2D eigenvalue weighted by atomic mass is 9.99. The smallest absolute Gasteiger partial charge is 0.218 e. The average Bonchev–Trinajstić information content (AvgIpc) is 2.42. The number of aliphatic hydroxyl groups excluding tert-OH is 1. The highest BCUT2D eigenvalue weighted by atomic mass is 32.2. The molecule has 3 N–H and O–H groups in total. The van der Waals surface area contributed by atoms with Gasteiger partial charge in [0.1, 0.15) is 0 Å². The van der Waals surface area contributed by atoms with Crippen LogP contribution < -0.4 is 5.73 Å². The van der Waals surface area contributed by atoms with E-state index in [2.05, 4.69) is 0 Å². The largest absolute Gasteiger partial charge is 0.393 e. The molecule has 1 aromatic carbocycles. The van der Waals surface area contributed by atoms with Gasteiger partial charge in [-0.3, -0.25) is 0 Å². The van der Waals surface area contributed by atoms with E-state index in [0.717, 1.165) is 11.1 Å². The van der Waals surface area contributed by atoms with Crippen molar-refractivity contribution in [2.24, 2.45) is 11.7 Å². The molecular weight excluding hydrogens is 276 g/mol. The fourth-order valence-corrected chi connectivity index (χ4v) is 4.24. The molecule has 0 saturated carbocycles. The van der Waals surface area contributed by atoms with Gasteiger partial charge in [-0.05, 0) is 23.5 Å². The van der Waals surface area contributed by atoms with Crippen molar-refractivity contribution < 1.29 is 13.5 Å². The second-order valence-electron chi connectivity index (χ2n) is 5.42. The molecule has 2 rings (SSSR count). The molecule has 0 amide bonds. The Bertz CT molecular complexity index is 559. The number of piperidine rings is 1. The van der Waals surface area contributed by atoms with Gasteiger partial charge in [0.2, 0.25) is 10.0 Å². The van der Waals surface area contributed by atoms with Gasteiger partial charge in [0, 0.05) is 19.6 Å². The molecule has 0 aromatic heterocycles. The van der Waals surface area contributed by atoms with Crippen LogP contribution in [0.15, 0.2) is 24.3 Å². The normalized spacial score (nSPS) is 24.8. The van der Waals surface area contributed by atoms with Crippen LogP contribution >= 0.6 is 0 Å². The van der Waals surface area contributed by atoms with Crippen LogP contribution in [0.2, 0.25) is 0 Å². The molecule has 0 aliphatic carbocycles. The maximum atomic E-state index is 12.5. The fourth-order valence-electron chi connectivity index (χ4n) is 2.53. The van der Waals surface area contributed by atoms with Gasteiger partial charge in [0.05, 0.1) is 11.9 Å². The summed E-state index contributed by atoms with van der Waals surface area (Å²) in [5.74, 6) is -0.0494. The first kappa shape index (κ1) is 15.4. The lowest BCUT2D eigenvalue weighted by molar-refractivity contribution is 0.0628. The lowest BCUT2D eigenvalue weighted by Crippen LogP contribution is -2.45. The van der Waals surface area contributed by atoms with Crippen molar-refractivity contribution in [1.29, 1.82) is 0 Å². The van der Waals surface area contributed by atoms with E-state index in [-0.39, 0.29) is 11.7 Å². The third kappa shape index (κ3) is 3.38. The summed E-state index contributed by atoms with van der Waals surface area (Å²) in [6, 6.07) is 7.35. The Morgan fingerprint density at radius 2 is 2.00 bits per heavy atom. The molecule has 20 heavy (non-hydrogen) atoms. The summed E-state index contributed by atoms with van der Waals surface area (Å²) in [7, 11) is -3.36. The molecule has 0 radical (unpaired) electrons. The van der Waals surface area contributed by atoms with Crippen LogP contribution in [0, 0.1) is 5.92 Å². The van der Waals surface area contributed by atoms with Crippen LogP contribution in [0.4, 0.5) is 0 Å². The Balaban J connectivity index is 2.15. The second-order valence-corrected chi connectivity index (χ2v) is 7.39. The molecule has 2 unspecified atom stereocenters. The predicted molar refractivity (Wildman–Crippen MR) is 78.3 cm³/mol. The summed E-state index contributed by atoms with van der Waals surface area (Å²) in [5, 5.41) is 9.70. The molecule has 112 valence electrons. The highest BCUT2D eigenvalue weighted by Gasteiger charge is 2.31. The van der Waals surface area contributed by atoms with E-state index in [1.54, 1.807) is 0 Å². The minimum Gasteiger partial charge on any atom is -0.393 e. The molecule has 1 aromatic rings. The average molecular weight is 298 g/mol. The van der Waals surface area contributed by atoms with Crippen LogP contribution in [-0.4, -0.2) is 37.0 Å². The van der Waals surface area contributed by atoms with Gasteiger partial charge < -0.3 is 10.8 Å². The number of hydrogen-bond acceptors (Lipinski definition) is 4. The van der Waals surface area contributed by atoms with Crippen molar-refractivity contribution in [2.75, 3.05) is 13.1 Å². The van der Waals surface area contributed by atoms with Crippen molar-refractivity contribution in [2.45, 2.75) is 31.7 Å². The summed E-state index contributed by atoms with van der Waals surface area (Å²) >= 11 is 0. The van der Waals surface area contributed by atoms with Gasteiger partial charge in [-0.15, -0.1) is 0 Å². The van der Waals surface area contributed by atoms with Gasteiger partial charge >= 0.3 is 0 Å². The van der Waals surface area contributed by atoms with Crippen molar-refractivity contribution in [1.82, 2.24) is 4.31 Å². The minimum atomic E-state index is -3.36. The van der Waals surface area contributed by atoms with Gasteiger partial charge in [0.15, 0.2) is 0 Å². The Morgan fingerprint density at radius 1 is 1.35 bits per heavy atom. The molecule has 0 spiro atoms. The first-order valence-corrected chi connectivity index (χ1v) is 8.47. The van der Waals surface area contributed by atoms with Gasteiger partial charge in [-0.2, -0.15) is 0 Å². The van der Waals surface area contributed by atoms with Crippen molar-refractivity contribution in [3.8, 4) is 0 Å². The highest BCUT2D eigenvalue weighted by Crippen LogP contribution is 2.22. The molecule has 1 saturated heterocycles. The summed E-state index contributed by atoms with van der Waals surface area (Å²) < 4.78 is 26.4. The molecule has 1 fully saturated rings. The number of benzene rings is 1. The molecular formula is C14H22N2O3S. The van der Waals surface area contributed by atoms with Gasteiger partial charge in [0.25, 0.3) is 0 Å². The SMILES string of the molecule is CC1CN(S(=O)(=O)Cc2ccccc2CN)CCC1O. The van der Waals surface area contributed by atoms with E-state index in [4.69, 9.17) is 5.73 Å². The van der Waals surface area contributed by atoms with E-state index in [1.165, 1.54) is 4.31 Å². The van der Waals surface area contributed by atoms with E-state index in [0.29, 0.717) is 26.1 Å². The van der Waals surface area contributed by atoms with E-state index < -0.39 is 16.1 Å². The van der Waals surface area contributed by atoms with Crippen molar-refractivity contribution in [3.05, 3.63) is 35.4 Å². The Labute approximate surface area is 120 Å². The Morgan fingerprint density at radius 3 is 2.60 bits per heavy atom. The first-order chi connectivity index (χ1) is 9.44. The standard InChI is InChI=1S/C14H22N2O3S/c1-11-9-16(7-6-14(11)17)20(18,19)10-13-5-3-2-4-12(13)8-15/h2-5,11,14,17H,6-10,15H2,1H3. The molecule has 6 heteroatoms. The minimum absolute atomic E-state index is 0.0246. The van der Waals surface area contributed by atoms with Gasteiger partial charge in [-0.1, -0.05) is 31.2 Å². The zero-order valence-electron chi connectivity index (χ0n) is 11.7. The Kier molecular flexibility index (Phi) is 4.80. The molecule has 2 atom stereocenters. The quantitative estimate of drug-likeness (QED) is 0.856. The molecule has 1 aliphatic heterocycles. The number of rotatable bonds is 4. The molecule has 0 bridgehead atoms. The maximum absolute atomic E-state index is 12.5. The number of hydrogen-bond donors (Lipinski definition) is 2. The summed E-state index contributed by atoms with van der Waals surface area (Å²) in [6.45, 7) is 2.98. The lowest BCUT2D eigenvalue weighted by Gasteiger charge is -2.33. The molecule has 1 heterocycles. The summed E-state index contributed by atoms with van der Waals surface area (Å²) in [4.78, 5) is 0. The molecule has 1 aliphatic rings. The van der Waals surface area contributed by atoms with Crippen molar-refractivity contribution in [3.63, 3.8) is 0 Å². The van der Waals surface area contributed by atoms with E-state index >= 15 is 0 Å². The summed E-state index contributed by atoms with van der Waals surface area (Å²) in [5.41, 5.74) is 7.27. The number of sulfonamides is 1. The third-order valence-electron chi connectivity index (χ3n) is 3.89. The van der Waals surface area contributed by atoms with Crippen LogP contribution in [-0.2, 0) is 22.3 Å². The van der Waals surface area contributed by atoms with Crippen LogP contribution in [0.5, 0.6) is 0 Å². The van der Waals surface area contributed by atoms with E-state index in [9.17, 15) is 13.5 Å².